The van der Waals surface area contributed by atoms with Crippen LogP contribution in [0.5, 0.6) is 0 Å². The fraction of sp³-hybridized carbons (Fsp3) is 0.417. The summed E-state index contributed by atoms with van der Waals surface area (Å²) in [5, 5.41) is 2.80. The van der Waals surface area contributed by atoms with Crippen LogP contribution in [0.1, 0.15) is 24.5 Å². The number of hydrogen-bond donors (Lipinski definition) is 1. The van der Waals surface area contributed by atoms with Gasteiger partial charge in [-0.2, -0.15) is 0 Å². The second-order valence-electron chi connectivity index (χ2n) is 3.52. The summed E-state index contributed by atoms with van der Waals surface area (Å²) in [7, 11) is 0. The molecule has 0 saturated carbocycles. The lowest BCUT2D eigenvalue weighted by molar-refractivity contribution is -0.120. The molecular weight excluding hydrogens is 254 g/mol. The second kappa shape index (κ2) is 5.91. The number of benzene rings is 1. The van der Waals surface area contributed by atoms with Crippen molar-refractivity contribution >= 4 is 21.8 Å². The number of nitrogens with one attached hydrogen (secondary N) is 1. The van der Waals surface area contributed by atoms with Crippen molar-refractivity contribution in [2.45, 2.75) is 26.7 Å². The normalized spacial score (nSPS) is 10.1. The first kappa shape index (κ1) is 12.2. The third-order valence-electron chi connectivity index (χ3n) is 2.31. The fourth-order valence-electron chi connectivity index (χ4n) is 1.44. The van der Waals surface area contributed by atoms with Crippen LogP contribution >= 0.6 is 15.9 Å². The summed E-state index contributed by atoms with van der Waals surface area (Å²) in [6.45, 7) is 4.71. The molecule has 0 aliphatic carbocycles. The van der Waals surface area contributed by atoms with Gasteiger partial charge in [0, 0.05) is 17.4 Å². The van der Waals surface area contributed by atoms with Crippen molar-refractivity contribution in [1.29, 1.82) is 0 Å². The monoisotopic (exact) mass is 269 g/mol. The summed E-state index contributed by atoms with van der Waals surface area (Å²) in [4.78, 5) is 11.3. The maximum Gasteiger partial charge on any atom is 0.220 e. The third-order valence-corrected chi connectivity index (χ3v) is 2.80. The van der Waals surface area contributed by atoms with Crippen LogP contribution in [0.4, 0.5) is 0 Å². The van der Waals surface area contributed by atoms with Gasteiger partial charge in [0.2, 0.25) is 5.91 Å². The average molecular weight is 270 g/mol. The van der Waals surface area contributed by atoms with Crippen LogP contribution in [0.2, 0.25) is 0 Å². The maximum absolute atomic E-state index is 11.3. The molecule has 0 aliphatic rings. The van der Waals surface area contributed by atoms with E-state index in [4.69, 9.17) is 0 Å². The summed E-state index contributed by atoms with van der Waals surface area (Å²) in [5.41, 5.74) is 2.47. The number of carbonyl (C=O) groups excluding carboxylic acids is 1. The summed E-state index contributed by atoms with van der Waals surface area (Å²) >= 11 is 3.43. The second-order valence-corrected chi connectivity index (χ2v) is 4.44. The lowest BCUT2D eigenvalue weighted by Gasteiger charge is -2.06. The van der Waals surface area contributed by atoms with Crippen LogP contribution in [0, 0.1) is 6.92 Å². The van der Waals surface area contributed by atoms with Gasteiger partial charge in [0.05, 0.1) is 0 Å². The molecule has 3 heteroatoms. The Morgan fingerprint density at radius 1 is 1.47 bits per heavy atom. The van der Waals surface area contributed by atoms with Crippen LogP contribution in [0.25, 0.3) is 0 Å². The smallest absolute Gasteiger partial charge is 0.220 e. The summed E-state index contributed by atoms with van der Waals surface area (Å²) in [6.07, 6.45) is 1.36. The van der Waals surface area contributed by atoms with Gasteiger partial charge in [0.25, 0.3) is 0 Å². The molecule has 0 atom stereocenters. The van der Waals surface area contributed by atoms with Crippen molar-refractivity contribution < 1.29 is 4.79 Å². The molecule has 0 radical (unpaired) electrons. The molecule has 1 rings (SSSR count). The molecular formula is C12H16BrNO. The van der Waals surface area contributed by atoms with Gasteiger partial charge in [0.15, 0.2) is 0 Å². The van der Waals surface area contributed by atoms with Crippen LogP contribution < -0.4 is 5.32 Å². The lowest BCUT2D eigenvalue weighted by atomic mass is 10.0. The zero-order valence-electron chi connectivity index (χ0n) is 9.14. The Morgan fingerprint density at radius 2 is 2.20 bits per heavy atom. The molecule has 0 aromatic heterocycles. The predicted molar refractivity (Wildman–Crippen MR) is 65.9 cm³/mol. The van der Waals surface area contributed by atoms with E-state index in [1.54, 1.807) is 0 Å². The minimum atomic E-state index is 0.122. The topological polar surface area (TPSA) is 29.1 Å². The van der Waals surface area contributed by atoms with Gasteiger partial charge in [-0.3, -0.25) is 4.79 Å². The molecule has 0 fully saturated rings. The van der Waals surface area contributed by atoms with E-state index in [-0.39, 0.29) is 5.91 Å². The van der Waals surface area contributed by atoms with Gasteiger partial charge in [-0.05, 0) is 43.5 Å². The van der Waals surface area contributed by atoms with Gasteiger partial charge >= 0.3 is 0 Å². The number of halogens is 1. The van der Waals surface area contributed by atoms with Gasteiger partial charge in [0.1, 0.15) is 0 Å². The molecule has 0 unspecified atom stereocenters. The van der Waals surface area contributed by atoms with Crippen molar-refractivity contribution in [1.82, 2.24) is 5.32 Å². The molecule has 0 bridgehead atoms. The first-order valence-electron chi connectivity index (χ1n) is 5.15. The van der Waals surface area contributed by atoms with E-state index in [2.05, 4.69) is 40.3 Å². The highest BCUT2D eigenvalue weighted by Gasteiger charge is 2.03. The highest BCUT2D eigenvalue weighted by molar-refractivity contribution is 9.10. The Bertz CT molecular complexity index is 349. The van der Waals surface area contributed by atoms with E-state index < -0.39 is 0 Å². The minimum absolute atomic E-state index is 0.122. The summed E-state index contributed by atoms with van der Waals surface area (Å²) in [6, 6.07) is 6.16. The molecule has 1 N–H and O–H groups in total. The predicted octanol–water partition coefficient (Wildman–Crippen LogP) is 2.83. The van der Waals surface area contributed by atoms with E-state index in [0.29, 0.717) is 13.0 Å². The Balaban J connectivity index is 2.57. The number of amides is 1. The summed E-state index contributed by atoms with van der Waals surface area (Å²) < 4.78 is 1.07. The third kappa shape index (κ3) is 4.04. The van der Waals surface area contributed by atoms with E-state index in [1.165, 1.54) is 11.1 Å². The van der Waals surface area contributed by atoms with Gasteiger partial charge in [-0.1, -0.05) is 22.0 Å². The van der Waals surface area contributed by atoms with Gasteiger partial charge in [-0.15, -0.1) is 0 Å². The molecule has 0 aliphatic heterocycles. The highest BCUT2D eigenvalue weighted by Crippen LogP contribution is 2.17. The van der Waals surface area contributed by atoms with Crippen molar-refractivity contribution in [3.63, 3.8) is 0 Å². The first-order chi connectivity index (χ1) is 7.13. The Labute approximate surface area is 99.2 Å². The Morgan fingerprint density at radius 3 is 2.87 bits per heavy atom. The molecule has 1 aromatic carbocycles. The zero-order chi connectivity index (χ0) is 11.3. The highest BCUT2D eigenvalue weighted by atomic mass is 79.9. The van der Waals surface area contributed by atoms with Crippen LogP contribution in [0.3, 0.4) is 0 Å². The maximum atomic E-state index is 11.3. The first-order valence-corrected chi connectivity index (χ1v) is 5.94. The lowest BCUT2D eigenvalue weighted by Crippen LogP contribution is -2.22. The molecule has 1 amide bonds. The molecule has 0 spiro atoms. The molecule has 2 nitrogen and oxygen atoms in total. The van der Waals surface area contributed by atoms with Crippen molar-refractivity contribution in [2.24, 2.45) is 0 Å². The quantitative estimate of drug-likeness (QED) is 0.895. The van der Waals surface area contributed by atoms with E-state index in [1.807, 2.05) is 13.0 Å². The van der Waals surface area contributed by atoms with Crippen LogP contribution in [0.15, 0.2) is 22.7 Å². The molecule has 0 heterocycles. The van der Waals surface area contributed by atoms with Gasteiger partial charge < -0.3 is 5.32 Å². The largest absolute Gasteiger partial charge is 0.356 e. The number of hydrogen-bond acceptors (Lipinski definition) is 1. The van der Waals surface area contributed by atoms with E-state index in [9.17, 15) is 4.79 Å². The van der Waals surface area contributed by atoms with Crippen LogP contribution in [-0.4, -0.2) is 12.5 Å². The van der Waals surface area contributed by atoms with E-state index in [0.717, 1.165) is 10.9 Å². The fourth-order valence-corrected chi connectivity index (χ4v) is 1.85. The van der Waals surface area contributed by atoms with E-state index >= 15 is 0 Å². The SMILES string of the molecule is CCNC(=O)CCc1cc(Br)ccc1C. The average Bonchev–Trinajstić information content (AvgIpc) is 2.20. The van der Waals surface area contributed by atoms with Crippen LogP contribution in [-0.2, 0) is 11.2 Å². The van der Waals surface area contributed by atoms with Crippen molar-refractivity contribution in [3.8, 4) is 0 Å². The standard InChI is InChI=1S/C12H16BrNO/c1-3-14-12(15)7-5-10-8-11(13)6-4-9(10)2/h4,6,8H,3,5,7H2,1-2H3,(H,14,15). The zero-order valence-corrected chi connectivity index (χ0v) is 10.7. The minimum Gasteiger partial charge on any atom is -0.356 e. The number of rotatable bonds is 4. The molecule has 0 saturated heterocycles. The van der Waals surface area contributed by atoms with Gasteiger partial charge in [-0.25, -0.2) is 0 Å². The summed E-state index contributed by atoms with van der Waals surface area (Å²) in [5.74, 6) is 0.122. The molecule has 15 heavy (non-hydrogen) atoms. The Hall–Kier alpha value is -0.830. The van der Waals surface area contributed by atoms with Crippen molar-refractivity contribution in [3.05, 3.63) is 33.8 Å². The molecule has 82 valence electrons. The number of aryl methyl sites for hydroxylation is 2. The Kier molecular flexibility index (Phi) is 4.82. The number of carbonyl (C=O) groups is 1. The van der Waals surface area contributed by atoms with Crippen molar-refractivity contribution in [2.75, 3.05) is 6.54 Å². The molecule has 1 aromatic rings.